The molecular formula is C15H14FN3. The molecule has 0 spiro atoms. The molecule has 2 aromatic rings. The lowest BCUT2D eigenvalue weighted by Gasteiger charge is -2.15. The van der Waals surface area contributed by atoms with Crippen molar-refractivity contribution in [3.8, 4) is 6.07 Å². The van der Waals surface area contributed by atoms with E-state index in [4.69, 9.17) is 5.26 Å². The molecule has 0 amide bonds. The Morgan fingerprint density at radius 2 is 2.11 bits per heavy atom. The standard InChI is InChI=1S/C15H14FN3/c1-11(13-6-2-3-7-14(13)16)19-10-12-5-4-8-18-15(12)9-17/h2-8,11,19H,10H2,1H3. The van der Waals surface area contributed by atoms with Gasteiger partial charge in [0, 0.05) is 29.9 Å². The van der Waals surface area contributed by atoms with E-state index in [0.717, 1.165) is 5.56 Å². The van der Waals surface area contributed by atoms with Gasteiger partial charge in [0.25, 0.3) is 0 Å². The summed E-state index contributed by atoms with van der Waals surface area (Å²) in [5, 5.41) is 12.1. The van der Waals surface area contributed by atoms with Gasteiger partial charge in [0.2, 0.25) is 0 Å². The molecule has 96 valence electrons. The average molecular weight is 255 g/mol. The zero-order chi connectivity index (χ0) is 13.7. The highest BCUT2D eigenvalue weighted by atomic mass is 19.1. The van der Waals surface area contributed by atoms with Gasteiger partial charge >= 0.3 is 0 Å². The molecule has 4 heteroatoms. The summed E-state index contributed by atoms with van der Waals surface area (Å²) >= 11 is 0. The molecule has 0 fully saturated rings. The van der Waals surface area contributed by atoms with Gasteiger partial charge in [0.15, 0.2) is 0 Å². The number of halogens is 1. The fourth-order valence-corrected chi connectivity index (χ4v) is 1.88. The summed E-state index contributed by atoms with van der Waals surface area (Å²) in [7, 11) is 0. The van der Waals surface area contributed by atoms with Crippen LogP contribution in [0.4, 0.5) is 4.39 Å². The molecule has 1 aromatic heterocycles. The van der Waals surface area contributed by atoms with Crippen LogP contribution in [0.1, 0.15) is 29.8 Å². The summed E-state index contributed by atoms with van der Waals surface area (Å²) < 4.78 is 13.6. The molecular weight excluding hydrogens is 241 g/mol. The van der Waals surface area contributed by atoms with Gasteiger partial charge in [-0.3, -0.25) is 0 Å². The predicted octanol–water partition coefficient (Wildman–Crippen LogP) is 2.94. The average Bonchev–Trinajstić information content (AvgIpc) is 2.45. The number of rotatable bonds is 4. The number of pyridine rings is 1. The van der Waals surface area contributed by atoms with E-state index in [2.05, 4.69) is 10.3 Å². The fourth-order valence-electron chi connectivity index (χ4n) is 1.88. The molecule has 19 heavy (non-hydrogen) atoms. The lowest BCUT2D eigenvalue weighted by Crippen LogP contribution is -2.19. The normalized spacial score (nSPS) is 11.8. The van der Waals surface area contributed by atoms with Crippen LogP contribution in [0.2, 0.25) is 0 Å². The van der Waals surface area contributed by atoms with Crippen LogP contribution in [0, 0.1) is 17.1 Å². The van der Waals surface area contributed by atoms with Crippen LogP contribution in [-0.4, -0.2) is 4.98 Å². The Morgan fingerprint density at radius 3 is 2.84 bits per heavy atom. The predicted molar refractivity (Wildman–Crippen MR) is 70.6 cm³/mol. The van der Waals surface area contributed by atoms with E-state index in [1.54, 1.807) is 30.5 Å². The SMILES string of the molecule is CC(NCc1cccnc1C#N)c1ccccc1F. The summed E-state index contributed by atoms with van der Waals surface area (Å²) in [6.07, 6.45) is 1.59. The van der Waals surface area contributed by atoms with Gasteiger partial charge in [-0.05, 0) is 19.1 Å². The van der Waals surface area contributed by atoms with Crippen LogP contribution in [0.25, 0.3) is 0 Å². The lowest BCUT2D eigenvalue weighted by atomic mass is 10.1. The molecule has 1 N–H and O–H groups in total. The number of nitrogens with zero attached hydrogens (tertiary/aromatic N) is 2. The minimum Gasteiger partial charge on any atom is -0.306 e. The van der Waals surface area contributed by atoms with Crippen LogP contribution < -0.4 is 5.32 Å². The van der Waals surface area contributed by atoms with Crippen molar-refractivity contribution in [1.29, 1.82) is 5.26 Å². The molecule has 0 bridgehead atoms. The van der Waals surface area contributed by atoms with Gasteiger partial charge in [0.1, 0.15) is 17.6 Å². The molecule has 0 saturated heterocycles. The summed E-state index contributed by atoms with van der Waals surface area (Å²) in [6, 6.07) is 12.2. The van der Waals surface area contributed by atoms with Gasteiger partial charge < -0.3 is 5.32 Å². The van der Waals surface area contributed by atoms with E-state index in [-0.39, 0.29) is 11.9 Å². The largest absolute Gasteiger partial charge is 0.306 e. The van der Waals surface area contributed by atoms with Crippen molar-refractivity contribution in [3.05, 3.63) is 65.2 Å². The van der Waals surface area contributed by atoms with Crippen LogP contribution in [0.15, 0.2) is 42.6 Å². The second kappa shape index (κ2) is 6.07. The van der Waals surface area contributed by atoms with Gasteiger partial charge in [0.05, 0.1) is 0 Å². The van der Waals surface area contributed by atoms with E-state index < -0.39 is 0 Å². The fraction of sp³-hybridized carbons (Fsp3) is 0.200. The van der Waals surface area contributed by atoms with Gasteiger partial charge in [-0.2, -0.15) is 5.26 Å². The second-order valence-corrected chi connectivity index (χ2v) is 4.25. The van der Waals surface area contributed by atoms with Crippen LogP contribution in [-0.2, 0) is 6.54 Å². The molecule has 3 nitrogen and oxygen atoms in total. The first-order valence-corrected chi connectivity index (χ1v) is 6.04. The van der Waals surface area contributed by atoms with Gasteiger partial charge in [-0.25, -0.2) is 9.37 Å². The Labute approximate surface area is 111 Å². The molecule has 0 aliphatic heterocycles. The number of nitrogens with one attached hydrogen (secondary N) is 1. The zero-order valence-corrected chi connectivity index (χ0v) is 10.6. The lowest BCUT2D eigenvalue weighted by molar-refractivity contribution is 0.527. The summed E-state index contributed by atoms with van der Waals surface area (Å²) in [5.74, 6) is -0.228. The van der Waals surface area contributed by atoms with Crippen LogP contribution in [0.3, 0.4) is 0 Å². The molecule has 1 unspecified atom stereocenters. The third-order valence-electron chi connectivity index (χ3n) is 2.97. The third-order valence-corrected chi connectivity index (χ3v) is 2.97. The monoisotopic (exact) mass is 255 g/mol. The molecule has 1 atom stereocenters. The maximum absolute atomic E-state index is 13.6. The van der Waals surface area contributed by atoms with E-state index >= 15 is 0 Å². The van der Waals surface area contributed by atoms with Crippen molar-refractivity contribution in [3.63, 3.8) is 0 Å². The van der Waals surface area contributed by atoms with E-state index in [0.29, 0.717) is 17.8 Å². The van der Waals surface area contributed by atoms with Crippen molar-refractivity contribution in [1.82, 2.24) is 10.3 Å². The first kappa shape index (κ1) is 13.2. The molecule has 0 aliphatic rings. The smallest absolute Gasteiger partial charge is 0.144 e. The van der Waals surface area contributed by atoms with Crippen molar-refractivity contribution < 1.29 is 4.39 Å². The third kappa shape index (κ3) is 3.15. The number of hydrogen-bond donors (Lipinski definition) is 1. The van der Waals surface area contributed by atoms with Crippen molar-refractivity contribution in [2.24, 2.45) is 0 Å². The quantitative estimate of drug-likeness (QED) is 0.913. The molecule has 2 rings (SSSR count). The molecule has 0 saturated carbocycles. The maximum Gasteiger partial charge on any atom is 0.144 e. The van der Waals surface area contributed by atoms with Crippen molar-refractivity contribution in [2.75, 3.05) is 0 Å². The number of nitriles is 1. The van der Waals surface area contributed by atoms with Crippen LogP contribution >= 0.6 is 0 Å². The van der Waals surface area contributed by atoms with E-state index in [9.17, 15) is 4.39 Å². The molecule has 1 aromatic carbocycles. The number of hydrogen-bond acceptors (Lipinski definition) is 3. The zero-order valence-electron chi connectivity index (χ0n) is 10.6. The molecule has 1 heterocycles. The second-order valence-electron chi connectivity index (χ2n) is 4.25. The highest BCUT2D eigenvalue weighted by molar-refractivity contribution is 5.30. The highest BCUT2D eigenvalue weighted by Crippen LogP contribution is 2.16. The van der Waals surface area contributed by atoms with E-state index in [1.807, 2.05) is 19.1 Å². The molecule has 0 radical (unpaired) electrons. The Kier molecular flexibility index (Phi) is 4.22. The Bertz CT molecular complexity index is 604. The van der Waals surface area contributed by atoms with Crippen molar-refractivity contribution in [2.45, 2.75) is 19.5 Å². The van der Waals surface area contributed by atoms with Crippen molar-refractivity contribution >= 4 is 0 Å². The summed E-state index contributed by atoms with van der Waals surface area (Å²) in [4.78, 5) is 3.99. The molecule has 0 aliphatic carbocycles. The maximum atomic E-state index is 13.6. The minimum absolute atomic E-state index is 0.132. The van der Waals surface area contributed by atoms with Gasteiger partial charge in [-0.15, -0.1) is 0 Å². The highest BCUT2D eigenvalue weighted by Gasteiger charge is 2.10. The number of aromatic nitrogens is 1. The Balaban J connectivity index is 2.07. The Hall–Kier alpha value is -2.25. The topological polar surface area (TPSA) is 48.7 Å². The van der Waals surface area contributed by atoms with Crippen LogP contribution in [0.5, 0.6) is 0 Å². The van der Waals surface area contributed by atoms with E-state index in [1.165, 1.54) is 6.07 Å². The summed E-state index contributed by atoms with van der Waals surface area (Å²) in [5.41, 5.74) is 1.83. The first-order chi connectivity index (χ1) is 9.22. The minimum atomic E-state index is -0.228. The Morgan fingerprint density at radius 1 is 1.32 bits per heavy atom. The van der Waals surface area contributed by atoms with Gasteiger partial charge in [-0.1, -0.05) is 24.3 Å². The first-order valence-electron chi connectivity index (χ1n) is 6.04. The summed E-state index contributed by atoms with van der Waals surface area (Å²) in [6.45, 7) is 2.37. The number of benzene rings is 1.